The molecule has 1 saturated carbocycles. The molecule has 3 aliphatic rings. The van der Waals surface area contributed by atoms with Gasteiger partial charge in [-0.15, -0.1) is 0 Å². The molecule has 2 unspecified atom stereocenters. The predicted octanol–water partition coefficient (Wildman–Crippen LogP) is 6.76. The topological polar surface area (TPSA) is 23.5 Å². The fourth-order valence-electron chi connectivity index (χ4n) is 5.41. The SMILES string of the molecule is OC1CCCCC1CN1CCC(=C2c3ccc(F)cc3Sc3ccc(C(F)(F)F)cc32)CC1. The summed E-state index contributed by atoms with van der Waals surface area (Å²) in [4.78, 5) is 3.85. The highest BCUT2D eigenvalue weighted by atomic mass is 32.2. The van der Waals surface area contributed by atoms with E-state index in [1.807, 2.05) is 0 Å². The average molecular weight is 478 g/mol. The molecular weight excluding hydrogens is 450 g/mol. The molecule has 7 heteroatoms. The van der Waals surface area contributed by atoms with E-state index in [1.54, 1.807) is 6.07 Å². The Hall–Kier alpha value is -1.83. The Bertz CT molecular complexity index is 1070. The Kier molecular flexibility index (Phi) is 6.31. The Balaban J connectivity index is 1.47. The fraction of sp³-hybridized carbons (Fsp3) is 0.462. The van der Waals surface area contributed by atoms with Crippen LogP contribution in [-0.4, -0.2) is 35.7 Å². The molecule has 176 valence electrons. The molecule has 0 amide bonds. The molecule has 0 aromatic heterocycles. The first-order valence-corrected chi connectivity index (χ1v) is 12.4. The number of hydrogen-bond donors (Lipinski definition) is 1. The predicted molar refractivity (Wildman–Crippen MR) is 122 cm³/mol. The molecule has 2 atom stereocenters. The number of halogens is 4. The standard InChI is InChI=1S/C26H27F4NOS/c27-19-6-7-20-24(14-19)33-23-8-5-18(26(28,29)30)13-21(23)25(20)16-9-11-31(12-10-16)15-17-3-1-2-4-22(17)32/h5-8,13-14,17,22,32H,1-4,9-12,15H2. The quantitative estimate of drug-likeness (QED) is 0.413. The molecule has 2 aromatic rings. The molecule has 2 nitrogen and oxygen atoms in total. The number of piperidine rings is 1. The van der Waals surface area contributed by atoms with Crippen LogP contribution >= 0.6 is 11.8 Å². The number of rotatable bonds is 2. The lowest BCUT2D eigenvalue weighted by Crippen LogP contribution is -2.40. The van der Waals surface area contributed by atoms with E-state index in [-0.39, 0.29) is 11.9 Å². The zero-order chi connectivity index (χ0) is 23.2. The number of hydrogen-bond acceptors (Lipinski definition) is 3. The molecule has 1 N–H and O–H groups in total. The molecule has 2 aliphatic heterocycles. The zero-order valence-electron chi connectivity index (χ0n) is 18.3. The minimum atomic E-state index is -4.41. The summed E-state index contributed by atoms with van der Waals surface area (Å²) in [7, 11) is 0. The lowest BCUT2D eigenvalue weighted by Gasteiger charge is -2.36. The van der Waals surface area contributed by atoms with Crippen molar-refractivity contribution in [3.05, 3.63) is 64.5 Å². The first-order valence-electron chi connectivity index (χ1n) is 11.6. The van der Waals surface area contributed by atoms with Crippen LogP contribution in [0.25, 0.3) is 5.57 Å². The molecule has 0 bridgehead atoms. The van der Waals surface area contributed by atoms with Crippen molar-refractivity contribution in [3.63, 3.8) is 0 Å². The lowest BCUT2D eigenvalue weighted by molar-refractivity contribution is -0.137. The minimum absolute atomic E-state index is 0.233. The molecule has 33 heavy (non-hydrogen) atoms. The third-order valence-electron chi connectivity index (χ3n) is 7.18. The third-order valence-corrected chi connectivity index (χ3v) is 8.32. The normalized spacial score (nSPS) is 23.9. The maximum atomic E-state index is 14.0. The summed E-state index contributed by atoms with van der Waals surface area (Å²) in [6.07, 6.45) is 1.04. The second kappa shape index (κ2) is 9.08. The lowest BCUT2D eigenvalue weighted by atomic mass is 9.84. The summed E-state index contributed by atoms with van der Waals surface area (Å²) >= 11 is 1.33. The highest BCUT2D eigenvalue weighted by Crippen LogP contribution is 2.49. The van der Waals surface area contributed by atoms with Gasteiger partial charge in [-0.1, -0.05) is 36.2 Å². The first kappa shape index (κ1) is 22.9. The Morgan fingerprint density at radius 1 is 0.939 bits per heavy atom. The van der Waals surface area contributed by atoms with Gasteiger partial charge >= 0.3 is 6.18 Å². The van der Waals surface area contributed by atoms with Gasteiger partial charge in [0.2, 0.25) is 0 Å². The van der Waals surface area contributed by atoms with E-state index in [4.69, 9.17) is 0 Å². The van der Waals surface area contributed by atoms with Crippen molar-refractivity contribution >= 4 is 17.3 Å². The van der Waals surface area contributed by atoms with Crippen molar-refractivity contribution in [1.82, 2.24) is 4.90 Å². The van der Waals surface area contributed by atoms with Gasteiger partial charge in [0, 0.05) is 29.4 Å². The second-order valence-electron chi connectivity index (χ2n) is 9.34. The van der Waals surface area contributed by atoms with Crippen LogP contribution < -0.4 is 0 Å². The molecule has 5 rings (SSSR count). The van der Waals surface area contributed by atoms with Gasteiger partial charge in [-0.05, 0) is 78.6 Å². The second-order valence-corrected chi connectivity index (χ2v) is 10.4. The zero-order valence-corrected chi connectivity index (χ0v) is 19.1. The number of aliphatic hydroxyl groups is 1. The molecular formula is C26H27F4NOS. The van der Waals surface area contributed by atoms with Gasteiger partial charge in [-0.3, -0.25) is 0 Å². The van der Waals surface area contributed by atoms with E-state index in [0.29, 0.717) is 11.5 Å². The molecule has 2 aromatic carbocycles. The molecule has 1 saturated heterocycles. The van der Waals surface area contributed by atoms with E-state index in [1.165, 1.54) is 36.0 Å². The molecule has 2 heterocycles. The Labute approximate surface area is 195 Å². The van der Waals surface area contributed by atoms with Gasteiger partial charge < -0.3 is 10.0 Å². The minimum Gasteiger partial charge on any atom is -0.393 e. The van der Waals surface area contributed by atoms with Crippen LogP contribution in [0.4, 0.5) is 17.6 Å². The van der Waals surface area contributed by atoms with Gasteiger partial charge in [-0.2, -0.15) is 13.2 Å². The first-order chi connectivity index (χ1) is 15.8. The molecule has 2 fully saturated rings. The van der Waals surface area contributed by atoms with Crippen molar-refractivity contribution in [2.24, 2.45) is 5.92 Å². The van der Waals surface area contributed by atoms with Crippen LogP contribution in [0.3, 0.4) is 0 Å². The summed E-state index contributed by atoms with van der Waals surface area (Å²) in [5, 5.41) is 10.3. The summed E-state index contributed by atoms with van der Waals surface area (Å²) in [6.45, 7) is 2.51. The smallest absolute Gasteiger partial charge is 0.393 e. The maximum Gasteiger partial charge on any atom is 0.416 e. The van der Waals surface area contributed by atoms with Crippen LogP contribution in [0.5, 0.6) is 0 Å². The Morgan fingerprint density at radius 2 is 1.70 bits per heavy atom. The van der Waals surface area contributed by atoms with Gasteiger partial charge in [0.25, 0.3) is 0 Å². The van der Waals surface area contributed by atoms with E-state index in [0.717, 1.165) is 90.7 Å². The third kappa shape index (κ3) is 4.73. The summed E-state index contributed by atoms with van der Waals surface area (Å²) < 4.78 is 54.4. The summed E-state index contributed by atoms with van der Waals surface area (Å²) in [5.74, 6) is -0.0420. The number of fused-ring (bicyclic) bond motifs is 2. The van der Waals surface area contributed by atoms with Crippen molar-refractivity contribution in [2.75, 3.05) is 19.6 Å². The van der Waals surface area contributed by atoms with E-state index >= 15 is 0 Å². The molecule has 0 spiro atoms. The van der Waals surface area contributed by atoms with Crippen LogP contribution in [-0.2, 0) is 6.18 Å². The monoisotopic (exact) mass is 477 g/mol. The van der Waals surface area contributed by atoms with E-state index in [2.05, 4.69) is 4.90 Å². The van der Waals surface area contributed by atoms with Gasteiger partial charge in [0.1, 0.15) is 5.82 Å². The van der Waals surface area contributed by atoms with Gasteiger partial charge in [0.05, 0.1) is 11.7 Å². The molecule has 1 aliphatic carbocycles. The average Bonchev–Trinajstić information content (AvgIpc) is 2.78. The maximum absolute atomic E-state index is 14.0. The highest BCUT2D eigenvalue weighted by molar-refractivity contribution is 7.99. The van der Waals surface area contributed by atoms with Crippen LogP contribution in [0.2, 0.25) is 0 Å². The van der Waals surface area contributed by atoms with Gasteiger partial charge in [-0.25, -0.2) is 4.39 Å². The van der Waals surface area contributed by atoms with E-state index in [9.17, 15) is 22.7 Å². The van der Waals surface area contributed by atoms with Gasteiger partial charge in [0.15, 0.2) is 0 Å². The number of likely N-dealkylation sites (tertiary alicyclic amines) is 1. The largest absolute Gasteiger partial charge is 0.416 e. The van der Waals surface area contributed by atoms with Crippen molar-refractivity contribution in [3.8, 4) is 0 Å². The van der Waals surface area contributed by atoms with Crippen LogP contribution in [0.1, 0.15) is 55.2 Å². The molecule has 0 radical (unpaired) electrons. The fourth-order valence-corrected chi connectivity index (χ4v) is 6.51. The number of benzene rings is 2. The summed E-state index contributed by atoms with van der Waals surface area (Å²) in [5.41, 5.74) is 2.72. The van der Waals surface area contributed by atoms with Crippen LogP contribution in [0, 0.1) is 11.7 Å². The Morgan fingerprint density at radius 3 is 2.42 bits per heavy atom. The number of alkyl halides is 3. The van der Waals surface area contributed by atoms with Crippen LogP contribution in [0.15, 0.2) is 51.8 Å². The van der Waals surface area contributed by atoms with Crippen molar-refractivity contribution < 1.29 is 22.7 Å². The summed E-state index contributed by atoms with van der Waals surface area (Å²) in [6, 6.07) is 8.43. The highest BCUT2D eigenvalue weighted by Gasteiger charge is 2.34. The number of aliphatic hydroxyl groups excluding tert-OH is 1. The van der Waals surface area contributed by atoms with Crippen molar-refractivity contribution in [2.45, 2.75) is 60.6 Å². The van der Waals surface area contributed by atoms with Crippen molar-refractivity contribution in [1.29, 1.82) is 0 Å². The number of nitrogens with zero attached hydrogens (tertiary/aromatic N) is 1. The van der Waals surface area contributed by atoms with E-state index < -0.39 is 11.7 Å².